The van der Waals surface area contributed by atoms with Gasteiger partial charge in [-0.3, -0.25) is 4.90 Å². The highest BCUT2D eigenvalue weighted by atomic mass is 32.2. The van der Waals surface area contributed by atoms with E-state index in [2.05, 4.69) is 47.8 Å². The maximum atomic E-state index is 3.59. The SMILES string of the molecule is CSC[C@@H]1C=C2c3cccc4c3[C@@H](CN4)C[C@H]2N(C)C1. The molecule has 3 heteroatoms. The molecule has 0 saturated carbocycles. The largest absolute Gasteiger partial charge is 0.384 e. The number of nitrogens with one attached hydrogen (secondary N) is 1. The average molecular weight is 286 g/mol. The van der Waals surface area contributed by atoms with Gasteiger partial charge < -0.3 is 5.32 Å². The van der Waals surface area contributed by atoms with Gasteiger partial charge in [0.15, 0.2) is 0 Å². The Morgan fingerprint density at radius 1 is 1.40 bits per heavy atom. The molecule has 0 fully saturated rings. The maximum Gasteiger partial charge on any atom is 0.0382 e. The molecular weight excluding hydrogens is 264 g/mol. The van der Waals surface area contributed by atoms with Gasteiger partial charge in [-0.2, -0.15) is 11.8 Å². The second kappa shape index (κ2) is 4.81. The van der Waals surface area contributed by atoms with Crippen molar-refractivity contribution in [2.75, 3.05) is 37.5 Å². The molecule has 1 aromatic rings. The van der Waals surface area contributed by atoms with E-state index in [-0.39, 0.29) is 0 Å². The molecule has 0 aromatic heterocycles. The van der Waals surface area contributed by atoms with E-state index in [9.17, 15) is 0 Å². The van der Waals surface area contributed by atoms with Crippen molar-refractivity contribution in [1.29, 1.82) is 0 Å². The molecule has 2 nitrogen and oxygen atoms in total. The Hall–Kier alpha value is -0.930. The standard InChI is InChI=1S/C17H22N2S/c1-19-9-11(10-20-2)6-14-13-4-3-5-15-17(13)12(8-18-15)7-16(14)19/h3-6,11-12,16,18H,7-10H2,1-2H3/t11-,12-,16-/m1/s1. The number of nitrogens with zero attached hydrogens (tertiary/aromatic N) is 1. The summed E-state index contributed by atoms with van der Waals surface area (Å²) < 4.78 is 0. The summed E-state index contributed by atoms with van der Waals surface area (Å²) in [6, 6.07) is 7.42. The van der Waals surface area contributed by atoms with Gasteiger partial charge in [-0.1, -0.05) is 18.2 Å². The third-order valence-electron chi connectivity index (χ3n) is 5.08. The van der Waals surface area contributed by atoms with Crippen LogP contribution in [0.1, 0.15) is 23.5 Å². The van der Waals surface area contributed by atoms with Crippen LogP contribution in [0.15, 0.2) is 24.3 Å². The topological polar surface area (TPSA) is 15.3 Å². The molecule has 20 heavy (non-hydrogen) atoms. The lowest BCUT2D eigenvalue weighted by molar-refractivity contribution is 0.234. The zero-order valence-corrected chi connectivity index (χ0v) is 13.0. The van der Waals surface area contributed by atoms with E-state index in [0.717, 1.165) is 6.54 Å². The molecular formula is C17H22N2S. The third-order valence-corrected chi connectivity index (χ3v) is 5.84. The molecule has 0 spiro atoms. The van der Waals surface area contributed by atoms with Crippen molar-refractivity contribution in [3.63, 3.8) is 0 Å². The van der Waals surface area contributed by atoms with E-state index < -0.39 is 0 Å². The minimum atomic E-state index is 0.626. The molecule has 4 rings (SSSR count). The average Bonchev–Trinajstić information content (AvgIpc) is 2.86. The van der Waals surface area contributed by atoms with Gasteiger partial charge >= 0.3 is 0 Å². The number of fused-ring (bicyclic) bond motifs is 2. The van der Waals surface area contributed by atoms with E-state index in [4.69, 9.17) is 0 Å². The molecule has 2 heterocycles. The van der Waals surface area contributed by atoms with E-state index in [0.29, 0.717) is 17.9 Å². The van der Waals surface area contributed by atoms with Gasteiger partial charge in [0.2, 0.25) is 0 Å². The van der Waals surface area contributed by atoms with Crippen molar-refractivity contribution < 1.29 is 0 Å². The van der Waals surface area contributed by atoms with Crippen LogP contribution < -0.4 is 5.32 Å². The fourth-order valence-corrected chi connectivity index (χ4v) is 4.89. The van der Waals surface area contributed by atoms with Crippen LogP contribution in [0.4, 0.5) is 5.69 Å². The number of hydrogen-bond donors (Lipinski definition) is 1. The van der Waals surface area contributed by atoms with Gasteiger partial charge in [0.25, 0.3) is 0 Å². The lowest BCUT2D eigenvalue weighted by atomic mass is 9.75. The van der Waals surface area contributed by atoms with Gasteiger partial charge in [0.1, 0.15) is 0 Å². The number of likely N-dealkylation sites (N-methyl/N-ethyl adjacent to an activating group) is 1. The zero-order chi connectivity index (χ0) is 13.7. The van der Waals surface area contributed by atoms with Crippen LogP contribution in [0.25, 0.3) is 5.57 Å². The van der Waals surface area contributed by atoms with Crippen LogP contribution in [-0.2, 0) is 0 Å². The Bertz CT molecular complexity index is 566. The Kier molecular flexibility index (Phi) is 3.08. The first-order valence-corrected chi connectivity index (χ1v) is 8.95. The highest BCUT2D eigenvalue weighted by molar-refractivity contribution is 7.98. The summed E-state index contributed by atoms with van der Waals surface area (Å²) in [5.41, 5.74) is 6.08. The summed E-state index contributed by atoms with van der Waals surface area (Å²) in [6.45, 7) is 2.34. The Morgan fingerprint density at radius 2 is 2.30 bits per heavy atom. The first kappa shape index (κ1) is 12.8. The molecule has 106 valence electrons. The van der Waals surface area contributed by atoms with Gasteiger partial charge in [-0.15, -0.1) is 0 Å². The van der Waals surface area contributed by atoms with Crippen LogP contribution in [0.3, 0.4) is 0 Å². The van der Waals surface area contributed by atoms with Crippen molar-refractivity contribution in [1.82, 2.24) is 4.90 Å². The lowest BCUT2D eigenvalue weighted by Gasteiger charge is -2.42. The Morgan fingerprint density at radius 3 is 3.15 bits per heavy atom. The summed E-state index contributed by atoms with van der Waals surface area (Å²) in [4.78, 5) is 2.59. The van der Waals surface area contributed by atoms with E-state index in [1.807, 2.05) is 11.8 Å². The maximum absolute atomic E-state index is 3.59. The number of thioether (sulfide) groups is 1. The van der Waals surface area contributed by atoms with E-state index in [1.54, 1.807) is 11.1 Å². The molecule has 2 aliphatic heterocycles. The molecule has 1 N–H and O–H groups in total. The second-order valence-corrected chi connectivity index (χ2v) is 7.28. The number of rotatable bonds is 2. The quantitative estimate of drug-likeness (QED) is 0.898. The van der Waals surface area contributed by atoms with Gasteiger partial charge in [0.05, 0.1) is 0 Å². The number of anilines is 1. The molecule has 3 atom stereocenters. The molecule has 0 unspecified atom stereocenters. The highest BCUT2D eigenvalue weighted by Crippen LogP contribution is 2.48. The summed E-state index contributed by atoms with van der Waals surface area (Å²) in [6.07, 6.45) is 6.07. The lowest BCUT2D eigenvalue weighted by Crippen LogP contribution is -2.43. The first-order valence-electron chi connectivity index (χ1n) is 7.56. The normalized spacial score (nSPS) is 31.3. The summed E-state index contributed by atoms with van der Waals surface area (Å²) >= 11 is 1.96. The molecule has 3 aliphatic rings. The van der Waals surface area contributed by atoms with E-state index in [1.165, 1.54) is 30.0 Å². The van der Waals surface area contributed by atoms with Crippen molar-refractivity contribution in [3.05, 3.63) is 35.4 Å². The zero-order valence-electron chi connectivity index (χ0n) is 12.2. The molecule has 0 saturated heterocycles. The Labute approximate surface area is 125 Å². The van der Waals surface area contributed by atoms with Gasteiger partial charge in [-0.05, 0) is 48.4 Å². The van der Waals surface area contributed by atoms with Crippen molar-refractivity contribution in [2.45, 2.75) is 18.4 Å². The summed E-state index contributed by atoms with van der Waals surface area (Å²) in [5.74, 6) is 2.64. The van der Waals surface area contributed by atoms with Crippen LogP contribution >= 0.6 is 11.8 Å². The number of benzene rings is 1. The number of hydrogen-bond acceptors (Lipinski definition) is 3. The predicted molar refractivity (Wildman–Crippen MR) is 88.6 cm³/mol. The minimum Gasteiger partial charge on any atom is -0.384 e. The molecule has 0 radical (unpaired) electrons. The second-order valence-electron chi connectivity index (χ2n) is 6.37. The highest BCUT2D eigenvalue weighted by Gasteiger charge is 2.39. The fourth-order valence-electron chi connectivity index (χ4n) is 4.26. The summed E-state index contributed by atoms with van der Waals surface area (Å²) in [7, 11) is 2.31. The molecule has 1 aromatic carbocycles. The van der Waals surface area contributed by atoms with Gasteiger partial charge in [0, 0.05) is 36.5 Å². The van der Waals surface area contributed by atoms with E-state index >= 15 is 0 Å². The van der Waals surface area contributed by atoms with Crippen LogP contribution in [0.5, 0.6) is 0 Å². The Balaban J connectivity index is 1.82. The van der Waals surface area contributed by atoms with Crippen LogP contribution in [0, 0.1) is 5.92 Å². The van der Waals surface area contributed by atoms with Crippen molar-refractivity contribution in [2.24, 2.45) is 5.92 Å². The predicted octanol–water partition coefficient (Wildman–Crippen LogP) is 3.28. The van der Waals surface area contributed by atoms with Crippen LogP contribution in [0.2, 0.25) is 0 Å². The minimum absolute atomic E-state index is 0.626. The summed E-state index contributed by atoms with van der Waals surface area (Å²) in [5, 5.41) is 3.59. The smallest absolute Gasteiger partial charge is 0.0382 e. The van der Waals surface area contributed by atoms with Crippen molar-refractivity contribution >= 4 is 23.0 Å². The van der Waals surface area contributed by atoms with Gasteiger partial charge in [-0.25, -0.2) is 0 Å². The fraction of sp³-hybridized carbons (Fsp3) is 0.529. The molecule has 0 amide bonds. The molecule has 0 bridgehead atoms. The molecule has 1 aliphatic carbocycles. The first-order chi connectivity index (χ1) is 9.78. The third kappa shape index (κ3) is 1.83. The monoisotopic (exact) mass is 286 g/mol. The van der Waals surface area contributed by atoms with Crippen molar-refractivity contribution in [3.8, 4) is 0 Å². The van der Waals surface area contributed by atoms with Crippen LogP contribution in [-0.4, -0.2) is 43.1 Å².